The molecule has 0 spiro atoms. The summed E-state index contributed by atoms with van der Waals surface area (Å²) in [5.74, 6) is -0.352. The SMILES string of the molecule is Cn1ccc(NC(=O)CCCN2C(=O)c3ccc(Br)cc3C2=O)n1. The Morgan fingerprint density at radius 1 is 1.21 bits per heavy atom. The van der Waals surface area contributed by atoms with E-state index < -0.39 is 0 Å². The van der Waals surface area contributed by atoms with Gasteiger partial charge in [-0.05, 0) is 24.6 Å². The molecule has 0 fully saturated rings. The van der Waals surface area contributed by atoms with Crippen LogP contribution in [0.3, 0.4) is 0 Å². The van der Waals surface area contributed by atoms with Gasteiger partial charge in [-0.2, -0.15) is 5.10 Å². The van der Waals surface area contributed by atoms with Crippen molar-refractivity contribution in [2.75, 3.05) is 11.9 Å². The highest BCUT2D eigenvalue weighted by molar-refractivity contribution is 9.10. The maximum atomic E-state index is 12.3. The number of carbonyl (C=O) groups is 3. The number of carbonyl (C=O) groups excluding carboxylic acids is 3. The average Bonchev–Trinajstić information content (AvgIpc) is 3.04. The number of hydrogen-bond acceptors (Lipinski definition) is 4. The first-order valence-corrected chi connectivity index (χ1v) is 8.20. The Hall–Kier alpha value is -2.48. The molecule has 0 saturated heterocycles. The molecule has 3 rings (SSSR count). The van der Waals surface area contributed by atoms with E-state index in [1.807, 2.05) is 0 Å². The van der Waals surface area contributed by atoms with E-state index in [2.05, 4.69) is 26.3 Å². The van der Waals surface area contributed by atoms with Crippen molar-refractivity contribution in [2.45, 2.75) is 12.8 Å². The lowest BCUT2D eigenvalue weighted by Gasteiger charge is -2.13. The Labute approximate surface area is 146 Å². The second kappa shape index (κ2) is 6.56. The smallest absolute Gasteiger partial charge is 0.261 e. The van der Waals surface area contributed by atoms with E-state index in [9.17, 15) is 14.4 Å². The van der Waals surface area contributed by atoms with Crippen LogP contribution >= 0.6 is 15.9 Å². The molecule has 2 heterocycles. The topological polar surface area (TPSA) is 84.3 Å². The van der Waals surface area contributed by atoms with E-state index in [4.69, 9.17) is 0 Å². The molecule has 1 N–H and O–H groups in total. The summed E-state index contributed by atoms with van der Waals surface area (Å²) < 4.78 is 2.34. The third-order valence-corrected chi connectivity index (χ3v) is 4.19. The highest BCUT2D eigenvalue weighted by Gasteiger charge is 2.35. The van der Waals surface area contributed by atoms with Crippen LogP contribution in [0.1, 0.15) is 33.6 Å². The van der Waals surface area contributed by atoms with Crippen molar-refractivity contribution >= 4 is 39.5 Å². The average molecular weight is 391 g/mol. The molecular formula is C16H15BrN4O3. The minimum absolute atomic E-state index is 0.201. The number of nitrogens with zero attached hydrogens (tertiary/aromatic N) is 3. The fourth-order valence-electron chi connectivity index (χ4n) is 2.55. The van der Waals surface area contributed by atoms with Gasteiger partial charge in [0.2, 0.25) is 5.91 Å². The quantitative estimate of drug-likeness (QED) is 0.793. The fraction of sp³-hybridized carbons (Fsp3) is 0.250. The van der Waals surface area contributed by atoms with Crippen LogP contribution in [-0.2, 0) is 11.8 Å². The molecule has 0 saturated carbocycles. The predicted octanol–water partition coefficient (Wildman–Crippen LogP) is 2.20. The van der Waals surface area contributed by atoms with Crippen LogP contribution in [0.15, 0.2) is 34.9 Å². The first-order valence-electron chi connectivity index (χ1n) is 7.41. The van der Waals surface area contributed by atoms with Gasteiger partial charge in [0.1, 0.15) is 0 Å². The van der Waals surface area contributed by atoms with Crippen molar-refractivity contribution in [2.24, 2.45) is 7.05 Å². The maximum Gasteiger partial charge on any atom is 0.261 e. The Kier molecular flexibility index (Phi) is 4.48. The molecule has 0 radical (unpaired) electrons. The highest BCUT2D eigenvalue weighted by atomic mass is 79.9. The first-order chi connectivity index (χ1) is 11.5. The maximum absolute atomic E-state index is 12.3. The zero-order valence-corrected chi connectivity index (χ0v) is 14.5. The molecule has 3 amide bonds. The summed E-state index contributed by atoms with van der Waals surface area (Å²) >= 11 is 3.29. The molecule has 1 aliphatic heterocycles. The molecular weight excluding hydrogens is 376 g/mol. The zero-order valence-electron chi connectivity index (χ0n) is 13.0. The molecule has 0 atom stereocenters. The van der Waals surface area contributed by atoms with Crippen LogP contribution in [0.25, 0.3) is 0 Å². The second-order valence-corrected chi connectivity index (χ2v) is 6.39. The molecule has 0 aliphatic carbocycles. The van der Waals surface area contributed by atoms with Gasteiger partial charge in [0.15, 0.2) is 5.82 Å². The molecule has 0 bridgehead atoms. The molecule has 1 aromatic carbocycles. The number of nitrogens with one attached hydrogen (secondary N) is 1. The van der Waals surface area contributed by atoms with E-state index in [1.54, 1.807) is 42.2 Å². The van der Waals surface area contributed by atoms with Gasteiger partial charge in [-0.1, -0.05) is 15.9 Å². The van der Waals surface area contributed by atoms with Crippen LogP contribution < -0.4 is 5.32 Å². The number of benzene rings is 1. The number of anilines is 1. The summed E-state index contributed by atoms with van der Waals surface area (Å²) in [7, 11) is 1.76. The third-order valence-electron chi connectivity index (χ3n) is 3.70. The summed E-state index contributed by atoms with van der Waals surface area (Å²) in [6.07, 6.45) is 2.32. The molecule has 8 heteroatoms. The monoisotopic (exact) mass is 390 g/mol. The number of aromatic nitrogens is 2. The van der Waals surface area contributed by atoms with Crippen LogP contribution in [0.5, 0.6) is 0 Å². The van der Waals surface area contributed by atoms with Gasteiger partial charge in [0.25, 0.3) is 11.8 Å². The third kappa shape index (κ3) is 3.23. The minimum Gasteiger partial charge on any atom is -0.309 e. The molecule has 7 nitrogen and oxygen atoms in total. The van der Waals surface area contributed by atoms with Crippen molar-refractivity contribution in [3.05, 3.63) is 46.1 Å². The van der Waals surface area contributed by atoms with Gasteiger partial charge < -0.3 is 5.32 Å². The number of fused-ring (bicyclic) bond motifs is 1. The van der Waals surface area contributed by atoms with Crippen molar-refractivity contribution < 1.29 is 14.4 Å². The number of imide groups is 1. The first kappa shape index (κ1) is 16.4. The van der Waals surface area contributed by atoms with Gasteiger partial charge in [0, 0.05) is 36.7 Å². The predicted molar refractivity (Wildman–Crippen MR) is 90.6 cm³/mol. The molecule has 0 unspecified atom stereocenters. The lowest BCUT2D eigenvalue weighted by Crippen LogP contribution is -2.31. The number of amides is 3. The molecule has 2 aromatic rings. The Bertz CT molecular complexity index is 830. The summed E-state index contributed by atoms with van der Waals surface area (Å²) in [4.78, 5) is 37.6. The van der Waals surface area contributed by atoms with E-state index in [1.165, 1.54) is 4.90 Å². The van der Waals surface area contributed by atoms with E-state index in [0.29, 0.717) is 23.4 Å². The number of rotatable bonds is 5. The summed E-state index contributed by atoms with van der Waals surface area (Å²) in [5.41, 5.74) is 0.799. The molecule has 1 aromatic heterocycles. The van der Waals surface area contributed by atoms with Crippen molar-refractivity contribution in [3.63, 3.8) is 0 Å². The second-order valence-electron chi connectivity index (χ2n) is 5.48. The standard InChI is InChI=1S/C16H15BrN4O3/c1-20-8-6-13(19-20)18-14(22)3-2-7-21-15(23)11-5-4-10(17)9-12(11)16(21)24/h4-6,8-9H,2-3,7H2,1H3,(H,18,19,22). The van der Waals surface area contributed by atoms with Gasteiger partial charge >= 0.3 is 0 Å². The number of aryl methyl sites for hydroxylation is 1. The minimum atomic E-state index is -0.318. The van der Waals surface area contributed by atoms with Crippen molar-refractivity contribution in [3.8, 4) is 0 Å². The van der Waals surface area contributed by atoms with Crippen LogP contribution in [0.2, 0.25) is 0 Å². The van der Waals surface area contributed by atoms with Crippen molar-refractivity contribution in [1.82, 2.24) is 14.7 Å². The summed E-state index contributed by atoms with van der Waals surface area (Å²) in [6, 6.07) is 6.70. The van der Waals surface area contributed by atoms with Gasteiger partial charge in [-0.25, -0.2) is 0 Å². The lowest BCUT2D eigenvalue weighted by atomic mass is 10.1. The summed E-state index contributed by atoms with van der Waals surface area (Å²) in [5, 5.41) is 6.73. The van der Waals surface area contributed by atoms with E-state index >= 15 is 0 Å². The Morgan fingerprint density at radius 2 is 1.96 bits per heavy atom. The Morgan fingerprint density at radius 3 is 2.67 bits per heavy atom. The molecule has 24 heavy (non-hydrogen) atoms. The molecule has 1 aliphatic rings. The molecule has 124 valence electrons. The van der Waals surface area contributed by atoms with Gasteiger partial charge in [-0.15, -0.1) is 0 Å². The zero-order chi connectivity index (χ0) is 17.3. The van der Waals surface area contributed by atoms with Crippen LogP contribution in [0.4, 0.5) is 5.82 Å². The van der Waals surface area contributed by atoms with E-state index in [-0.39, 0.29) is 30.7 Å². The normalized spacial score (nSPS) is 13.3. The fourth-order valence-corrected chi connectivity index (χ4v) is 2.91. The summed E-state index contributed by atoms with van der Waals surface area (Å²) in [6.45, 7) is 0.208. The largest absolute Gasteiger partial charge is 0.309 e. The van der Waals surface area contributed by atoms with Crippen molar-refractivity contribution in [1.29, 1.82) is 0 Å². The van der Waals surface area contributed by atoms with Crippen LogP contribution in [0, 0.1) is 0 Å². The number of hydrogen-bond donors (Lipinski definition) is 1. The van der Waals surface area contributed by atoms with E-state index in [0.717, 1.165) is 4.47 Å². The highest BCUT2D eigenvalue weighted by Crippen LogP contribution is 2.26. The lowest BCUT2D eigenvalue weighted by molar-refractivity contribution is -0.116. The Balaban J connectivity index is 1.55. The number of halogens is 1. The van der Waals surface area contributed by atoms with Gasteiger partial charge in [0.05, 0.1) is 11.1 Å². The van der Waals surface area contributed by atoms with Crippen LogP contribution in [-0.4, -0.2) is 38.9 Å². The van der Waals surface area contributed by atoms with Gasteiger partial charge in [-0.3, -0.25) is 24.0 Å².